The van der Waals surface area contributed by atoms with Gasteiger partial charge in [0.2, 0.25) is 5.91 Å². The normalized spacial score (nSPS) is 19.1. The van der Waals surface area contributed by atoms with Gasteiger partial charge in [0.05, 0.1) is 18.8 Å². The van der Waals surface area contributed by atoms with E-state index in [9.17, 15) is 10.1 Å². The van der Waals surface area contributed by atoms with E-state index in [1.807, 2.05) is 56.0 Å². The van der Waals surface area contributed by atoms with Crippen LogP contribution in [0.4, 0.5) is 0 Å². The van der Waals surface area contributed by atoms with Crippen LogP contribution in [-0.4, -0.2) is 44.6 Å². The third-order valence-electron chi connectivity index (χ3n) is 5.70. The minimum Gasteiger partial charge on any atom is -0.367 e. The summed E-state index contributed by atoms with van der Waals surface area (Å²) in [4.78, 5) is 19.5. The number of carbonyl (C=O) groups excluding carboxylic acids is 1. The predicted octanol–water partition coefficient (Wildman–Crippen LogP) is 3.14. The molecule has 2 atom stereocenters. The fourth-order valence-electron chi connectivity index (χ4n) is 4.15. The van der Waals surface area contributed by atoms with Crippen molar-refractivity contribution in [3.05, 3.63) is 64.6 Å². The van der Waals surface area contributed by atoms with Gasteiger partial charge in [-0.2, -0.15) is 10.4 Å². The Balaban J connectivity index is 1.49. The lowest BCUT2D eigenvalue weighted by molar-refractivity contribution is -0.144. The Morgan fingerprint density at radius 3 is 2.77 bits per heavy atom. The second-order valence-corrected chi connectivity index (χ2v) is 7.81. The van der Waals surface area contributed by atoms with Gasteiger partial charge in [-0.25, -0.2) is 9.50 Å². The van der Waals surface area contributed by atoms with Crippen molar-refractivity contribution in [3.63, 3.8) is 0 Å². The van der Waals surface area contributed by atoms with Gasteiger partial charge in [0, 0.05) is 24.4 Å². The molecule has 0 aliphatic carbocycles. The largest absolute Gasteiger partial charge is 0.367 e. The number of morpholine rings is 1. The van der Waals surface area contributed by atoms with E-state index in [-0.39, 0.29) is 18.1 Å². The third kappa shape index (κ3) is 3.79. The fraction of sp³-hybridized carbons (Fsp3) is 0.391. The molecule has 7 heteroatoms. The Kier molecular flexibility index (Phi) is 5.51. The Morgan fingerprint density at radius 1 is 1.27 bits per heavy atom. The Morgan fingerprint density at radius 2 is 2.03 bits per heavy atom. The van der Waals surface area contributed by atoms with Gasteiger partial charge in [-0.05, 0) is 38.3 Å². The number of fused-ring (bicyclic) bond motifs is 1. The molecule has 1 aliphatic rings. The molecule has 0 radical (unpaired) electrons. The van der Waals surface area contributed by atoms with Crippen LogP contribution in [0.15, 0.2) is 36.5 Å². The van der Waals surface area contributed by atoms with Gasteiger partial charge in [-0.1, -0.05) is 30.3 Å². The summed E-state index contributed by atoms with van der Waals surface area (Å²) in [7, 11) is 0. The number of amides is 1. The number of hydrogen-bond donors (Lipinski definition) is 0. The van der Waals surface area contributed by atoms with Gasteiger partial charge >= 0.3 is 0 Å². The second-order valence-electron chi connectivity index (χ2n) is 7.81. The molecule has 0 saturated carbocycles. The van der Waals surface area contributed by atoms with Crippen LogP contribution < -0.4 is 0 Å². The first-order chi connectivity index (χ1) is 14.5. The molecule has 3 heterocycles. The summed E-state index contributed by atoms with van der Waals surface area (Å²) < 4.78 is 7.76. The van der Waals surface area contributed by atoms with E-state index in [0.29, 0.717) is 37.1 Å². The number of ether oxygens (including phenoxy) is 1. The fourth-order valence-corrected chi connectivity index (χ4v) is 4.15. The molecule has 1 aromatic carbocycles. The number of benzene rings is 1. The zero-order valence-corrected chi connectivity index (χ0v) is 17.5. The highest BCUT2D eigenvalue weighted by Crippen LogP contribution is 2.26. The summed E-state index contributed by atoms with van der Waals surface area (Å²) in [5, 5.41) is 13.5. The molecule has 1 amide bonds. The molecule has 0 bridgehead atoms. The molecule has 0 N–H and O–H groups in total. The van der Waals surface area contributed by atoms with Gasteiger partial charge in [0.15, 0.2) is 5.65 Å². The average molecular weight is 403 g/mol. The molecule has 7 nitrogen and oxygen atoms in total. The van der Waals surface area contributed by atoms with Crippen molar-refractivity contribution < 1.29 is 9.53 Å². The first kappa shape index (κ1) is 20.0. The molecule has 0 spiro atoms. The van der Waals surface area contributed by atoms with Crippen LogP contribution in [0.2, 0.25) is 0 Å². The van der Waals surface area contributed by atoms with Gasteiger partial charge in [-0.15, -0.1) is 0 Å². The van der Waals surface area contributed by atoms with Crippen LogP contribution in [0.1, 0.15) is 47.5 Å². The van der Waals surface area contributed by atoms with E-state index >= 15 is 0 Å². The van der Waals surface area contributed by atoms with E-state index in [0.717, 1.165) is 22.5 Å². The maximum absolute atomic E-state index is 13.0. The molecule has 154 valence electrons. The zero-order chi connectivity index (χ0) is 21.3. The summed E-state index contributed by atoms with van der Waals surface area (Å²) in [5.41, 5.74) is 4.87. The van der Waals surface area contributed by atoms with E-state index in [4.69, 9.17) is 4.74 Å². The van der Waals surface area contributed by atoms with E-state index in [2.05, 4.69) is 16.2 Å². The van der Waals surface area contributed by atoms with Gasteiger partial charge < -0.3 is 9.64 Å². The summed E-state index contributed by atoms with van der Waals surface area (Å²) in [6, 6.07) is 12.2. The maximum Gasteiger partial charge on any atom is 0.223 e. The van der Waals surface area contributed by atoms with Gasteiger partial charge in [-0.3, -0.25) is 4.79 Å². The number of aromatic nitrogens is 3. The molecule has 3 aromatic rings. The summed E-state index contributed by atoms with van der Waals surface area (Å²) in [6.07, 6.45) is 2.40. The minimum atomic E-state index is -0.103. The van der Waals surface area contributed by atoms with E-state index in [1.165, 1.54) is 6.20 Å². The standard InChI is InChI=1S/C23H25N5O2/c1-15-13-27(14-21(30-15)18-7-5-4-6-8-18)22(29)10-9-20-16(2)26-23-19(11-24)12-25-28(23)17(20)3/h4-8,12,15,21H,9-10,13-14H2,1-3H3. The zero-order valence-electron chi connectivity index (χ0n) is 17.5. The Bertz CT molecular complexity index is 1120. The van der Waals surface area contributed by atoms with Crippen molar-refractivity contribution >= 4 is 11.6 Å². The summed E-state index contributed by atoms with van der Waals surface area (Å²) >= 11 is 0. The first-order valence-electron chi connectivity index (χ1n) is 10.2. The van der Waals surface area contributed by atoms with Crippen LogP contribution in [0, 0.1) is 25.2 Å². The van der Waals surface area contributed by atoms with E-state index in [1.54, 1.807) is 4.52 Å². The molecule has 1 aliphatic heterocycles. The number of nitrogens with zero attached hydrogens (tertiary/aromatic N) is 5. The SMILES string of the molecule is Cc1nc2c(C#N)cnn2c(C)c1CCC(=O)N1CC(C)OC(c2ccccc2)C1. The van der Waals surface area contributed by atoms with Crippen molar-refractivity contribution in [1.29, 1.82) is 5.26 Å². The third-order valence-corrected chi connectivity index (χ3v) is 5.70. The lowest BCUT2D eigenvalue weighted by Crippen LogP contribution is -2.46. The van der Waals surface area contributed by atoms with Crippen molar-refractivity contribution in [1.82, 2.24) is 19.5 Å². The molecule has 2 unspecified atom stereocenters. The molecule has 1 fully saturated rings. The number of rotatable bonds is 4. The Labute approximate surface area is 175 Å². The highest BCUT2D eigenvalue weighted by atomic mass is 16.5. The molecule has 1 saturated heterocycles. The van der Waals surface area contributed by atoms with E-state index < -0.39 is 0 Å². The molecule has 30 heavy (non-hydrogen) atoms. The van der Waals surface area contributed by atoms with Crippen LogP contribution >= 0.6 is 0 Å². The number of nitriles is 1. The lowest BCUT2D eigenvalue weighted by atomic mass is 10.0. The van der Waals surface area contributed by atoms with Crippen LogP contribution in [0.5, 0.6) is 0 Å². The summed E-state index contributed by atoms with van der Waals surface area (Å²) in [5.74, 6) is 0.114. The molecular formula is C23H25N5O2. The maximum atomic E-state index is 13.0. The Hall–Kier alpha value is -3.24. The lowest BCUT2D eigenvalue weighted by Gasteiger charge is -2.37. The van der Waals surface area contributed by atoms with Crippen molar-refractivity contribution in [3.8, 4) is 6.07 Å². The predicted molar refractivity (Wildman–Crippen MR) is 112 cm³/mol. The smallest absolute Gasteiger partial charge is 0.223 e. The van der Waals surface area contributed by atoms with Crippen molar-refractivity contribution in [2.24, 2.45) is 0 Å². The average Bonchev–Trinajstić information content (AvgIpc) is 3.16. The van der Waals surface area contributed by atoms with Crippen molar-refractivity contribution in [2.75, 3.05) is 13.1 Å². The molecule has 4 rings (SSSR count). The quantitative estimate of drug-likeness (QED) is 0.668. The summed E-state index contributed by atoms with van der Waals surface area (Å²) in [6.45, 7) is 7.04. The number of aryl methyl sites for hydroxylation is 2. The monoisotopic (exact) mass is 403 g/mol. The van der Waals surface area contributed by atoms with Crippen LogP contribution in [-0.2, 0) is 16.0 Å². The van der Waals surface area contributed by atoms with Gasteiger partial charge in [0.1, 0.15) is 17.7 Å². The molecular weight excluding hydrogens is 378 g/mol. The highest BCUT2D eigenvalue weighted by Gasteiger charge is 2.29. The number of carbonyl (C=O) groups is 1. The minimum absolute atomic E-state index is 0.0112. The first-order valence-corrected chi connectivity index (χ1v) is 10.2. The topological polar surface area (TPSA) is 83.5 Å². The van der Waals surface area contributed by atoms with Crippen molar-refractivity contribution in [2.45, 2.75) is 45.8 Å². The van der Waals surface area contributed by atoms with Gasteiger partial charge in [0.25, 0.3) is 0 Å². The second kappa shape index (κ2) is 8.25. The van der Waals surface area contributed by atoms with Crippen LogP contribution in [0.3, 0.4) is 0 Å². The highest BCUT2D eigenvalue weighted by molar-refractivity contribution is 5.76. The van der Waals surface area contributed by atoms with Crippen LogP contribution in [0.25, 0.3) is 5.65 Å². The number of hydrogen-bond acceptors (Lipinski definition) is 5. The molecule has 2 aromatic heterocycles.